The third kappa shape index (κ3) is 3.36. The maximum absolute atomic E-state index is 12.2. The van der Waals surface area contributed by atoms with Gasteiger partial charge in [0.25, 0.3) is 5.56 Å². The zero-order valence-corrected chi connectivity index (χ0v) is 14.9. The van der Waals surface area contributed by atoms with Crippen molar-refractivity contribution in [3.63, 3.8) is 0 Å². The van der Waals surface area contributed by atoms with Crippen molar-refractivity contribution in [2.24, 2.45) is 0 Å². The Bertz CT molecular complexity index is 723. The number of piperazine rings is 1. The van der Waals surface area contributed by atoms with Crippen molar-refractivity contribution in [1.29, 1.82) is 0 Å². The van der Waals surface area contributed by atoms with Gasteiger partial charge in [-0.3, -0.25) is 9.69 Å². The molecule has 3 rings (SSSR count). The molecule has 21 heavy (non-hydrogen) atoms. The highest BCUT2D eigenvalue weighted by atomic mass is 79.9. The van der Waals surface area contributed by atoms with Crippen LogP contribution in [0.5, 0.6) is 0 Å². The van der Waals surface area contributed by atoms with Gasteiger partial charge in [0.05, 0.1) is 17.4 Å². The molecule has 0 amide bonds. The molecule has 0 aliphatic carbocycles. The quantitative estimate of drug-likeness (QED) is 0.816. The second kappa shape index (κ2) is 6.16. The number of nitrogens with zero attached hydrogens (tertiary/aromatic N) is 3. The van der Waals surface area contributed by atoms with Crippen LogP contribution in [0.1, 0.15) is 5.82 Å². The van der Waals surface area contributed by atoms with Crippen LogP contribution in [0.25, 0.3) is 10.9 Å². The number of H-pyrrole nitrogens is 1. The van der Waals surface area contributed by atoms with Gasteiger partial charge in [0.15, 0.2) is 0 Å². The first-order valence-electron chi connectivity index (χ1n) is 6.82. The van der Waals surface area contributed by atoms with E-state index in [9.17, 15) is 4.79 Å². The van der Waals surface area contributed by atoms with Gasteiger partial charge in [-0.2, -0.15) is 0 Å². The number of aromatic amines is 1. The number of nitrogens with one attached hydrogen (secondary N) is 1. The highest BCUT2D eigenvalue weighted by Gasteiger charge is 2.16. The van der Waals surface area contributed by atoms with E-state index in [2.05, 4.69) is 58.7 Å². The molecule has 0 unspecified atom stereocenters. The zero-order chi connectivity index (χ0) is 15.0. The van der Waals surface area contributed by atoms with Crippen LogP contribution in [0.15, 0.2) is 25.9 Å². The summed E-state index contributed by atoms with van der Waals surface area (Å²) in [5.74, 6) is 0.722. The Labute approximate surface area is 139 Å². The molecule has 112 valence electrons. The van der Waals surface area contributed by atoms with Crippen LogP contribution < -0.4 is 5.56 Å². The minimum atomic E-state index is -0.0915. The largest absolute Gasteiger partial charge is 0.309 e. The van der Waals surface area contributed by atoms with Crippen molar-refractivity contribution in [2.45, 2.75) is 6.54 Å². The average molecular weight is 416 g/mol. The van der Waals surface area contributed by atoms with Crippen molar-refractivity contribution in [1.82, 2.24) is 19.8 Å². The third-order valence-electron chi connectivity index (χ3n) is 3.75. The maximum atomic E-state index is 12.2. The van der Waals surface area contributed by atoms with E-state index in [0.717, 1.165) is 40.9 Å². The van der Waals surface area contributed by atoms with E-state index in [1.807, 2.05) is 6.07 Å². The first-order valence-corrected chi connectivity index (χ1v) is 8.40. The minimum absolute atomic E-state index is 0.0915. The number of aromatic nitrogens is 2. The van der Waals surface area contributed by atoms with Gasteiger partial charge in [-0.25, -0.2) is 4.98 Å². The molecule has 2 heterocycles. The number of hydrogen-bond donors (Lipinski definition) is 1. The van der Waals surface area contributed by atoms with Gasteiger partial charge in [-0.1, -0.05) is 15.9 Å². The highest BCUT2D eigenvalue weighted by Crippen LogP contribution is 2.25. The van der Waals surface area contributed by atoms with Crippen molar-refractivity contribution < 1.29 is 0 Å². The fourth-order valence-corrected chi connectivity index (χ4v) is 3.82. The summed E-state index contributed by atoms with van der Waals surface area (Å²) >= 11 is 6.88. The lowest BCUT2D eigenvalue weighted by Crippen LogP contribution is -2.44. The zero-order valence-electron chi connectivity index (χ0n) is 11.7. The van der Waals surface area contributed by atoms with Gasteiger partial charge >= 0.3 is 0 Å². The van der Waals surface area contributed by atoms with Crippen LogP contribution in [0.4, 0.5) is 0 Å². The topological polar surface area (TPSA) is 52.2 Å². The van der Waals surface area contributed by atoms with Gasteiger partial charge in [-0.05, 0) is 35.1 Å². The van der Waals surface area contributed by atoms with Gasteiger partial charge in [0, 0.05) is 35.1 Å². The Balaban J connectivity index is 1.92. The van der Waals surface area contributed by atoms with Crippen LogP contribution in [0.3, 0.4) is 0 Å². The Hall–Kier alpha value is -0.760. The van der Waals surface area contributed by atoms with Crippen molar-refractivity contribution in [3.8, 4) is 0 Å². The molecule has 1 fully saturated rings. The molecule has 1 aliphatic heterocycles. The molecular weight excluding hydrogens is 400 g/mol. The summed E-state index contributed by atoms with van der Waals surface area (Å²) in [5.41, 5.74) is 0.622. The first-order chi connectivity index (χ1) is 10.0. The second-order valence-corrected chi connectivity index (χ2v) is 7.15. The fourth-order valence-electron chi connectivity index (χ4n) is 2.51. The normalized spacial score (nSPS) is 17.5. The van der Waals surface area contributed by atoms with E-state index in [1.54, 1.807) is 6.07 Å². The number of hydrogen-bond acceptors (Lipinski definition) is 4. The van der Waals surface area contributed by atoms with Gasteiger partial charge in [-0.15, -0.1) is 0 Å². The fraction of sp³-hybridized carbons (Fsp3) is 0.429. The molecule has 0 spiro atoms. The van der Waals surface area contributed by atoms with E-state index in [4.69, 9.17) is 0 Å². The Morgan fingerprint density at radius 1 is 1.24 bits per heavy atom. The lowest BCUT2D eigenvalue weighted by atomic mass is 10.2. The standard InChI is InChI=1S/C14H16Br2N4O/c1-19-2-4-20(5-3-19)8-12-17-13-10(14(21)18-12)6-9(15)7-11(13)16/h6-7H,2-5,8H2,1H3,(H,17,18,21). The Morgan fingerprint density at radius 3 is 2.67 bits per heavy atom. The molecule has 7 heteroatoms. The van der Waals surface area contributed by atoms with Gasteiger partial charge in [0.1, 0.15) is 5.82 Å². The highest BCUT2D eigenvalue weighted by molar-refractivity contribution is 9.11. The summed E-state index contributed by atoms with van der Waals surface area (Å²) in [6.07, 6.45) is 0. The summed E-state index contributed by atoms with van der Waals surface area (Å²) in [6, 6.07) is 3.71. The lowest BCUT2D eigenvalue weighted by Gasteiger charge is -2.31. The number of rotatable bonds is 2. The molecule has 1 aromatic heterocycles. The number of likely N-dealkylation sites (N-methyl/N-ethyl adjacent to an activating group) is 1. The van der Waals surface area contributed by atoms with E-state index < -0.39 is 0 Å². The van der Waals surface area contributed by atoms with E-state index in [-0.39, 0.29) is 5.56 Å². The molecule has 0 radical (unpaired) electrons. The van der Waals surface area contributed by atoms with E-state index >= 15 is 0 Å². The van der Waals surface area contributed by atoms with Crippen molar-refractivity contribution >= 4 is 42.8 Å². The molecule has 2 aromatic rings. The third-order valence-corrected chi connectivity index (χ3v) is 4.81. The van der Waals surface area contributed by atoms with Crippen molar-refractivity contribution in [3.05, 3.63) is 37.3 Å². The minimum Gasteiger partial charge on any atom is -0.309 e. The first kappa shape index (κ1) is 15.1. The van der Waals surface area contributed by atoms with Crippen LogP contribution >= 0.6 is 31.9 Å². The second-order valence-electron chi connectivity index (χ2n) is 5.38. The Kier molecular flexibility index (Phi) is 4.44. The monoisotopic (exact) mass is 414 g/mol. The number of halogens is 2. The van der Waals surface area contributed by atoms with Crippen LogP contribution in [-0.4, -0.2) is 53.0 Å². The number of fused-ring (bicyclic) bond motifs is 1. The molecule has 1 N–H and O–H groups in total. The molecular formula is C14H16Br2N4O. The smallest absolute Gasteiger partial charge is 0.258 e. The molecule has 1 aromatic carbocycles. The Morgan fingerprint density at radius 2 is 1.95 bits per heavy atom. The summed E-state index contributed by atoms with van der Waals surface area (Å²) in [7, 11) is 2.13. The summed E-state index contributed by atoms with van der Waals surface area (Å²) in [5, 5.41) is 0.596. The molecule has 5 nitrogen and oxygen atoms in total. The van der Waals surface area contributed by atoms with Crippen LogP contribution in [0, 0.1) is 0 Å². The molecule has 1 aliphatic rings. The van der Waals surface area contributed by atoms with Gasteiger partial charge in [0.2, 0.25) is 0 Å². The SMILES string of the molecule is CN1CCN(Cc2nc3c(Br)cc(Br)cc3c(=O)[nH]2)CC1. The van der Waals surface area contributed by atoms with E-state index in [0.29, 0.717) is 17.4 Å². The molecule has 1 saturated heterocycles. The number of benzene rings is 1. The molecule has 0 bridgehead atoms. The predicted molar refractivity (Wildman–Crippen MR) is 90.5 cm³/mol. The summed E-state index contributed by atoms with van der Waals surface area (Å²) < 4.78 is 1.69. The van der Waals surface area contributed by atoms with Crippen LogP contribution in [0.2, 0.25) is 0 Å². The van der Waals surface area contributed by atoms with Crippen molar-refractivity contribution in [2.75, 3.05) is 33.2 Å². The molecule has 0 atom stereocenters. The summed E-state index contributed by atoms with van der Waals surface area (Å²) in [6.45, 7) is 4.78. The van der Waals surface area contributed by atoms with Gasteiger partial charge < -0.3 is 9.88 Å². The molecule has 0 saturated carbocycles. The average Bonchev–Trinajstić information content (AvgIpc) is 2.43. The predicted octanol–water partition coefficient (Wildman–Crippen LogP) is 2.20. The van der Waals surface area contributed by atoms with Crippen LogP contribution in [-0.2, 0) is 6.54 Å². The lowest BCUT2D eigenvalue weighted by molar-refractivity contribution is 0.145. The summed E-state index contributed by atoms with van der Waals surface area (Å²) in [4.78, 5) is 24.4. The maximum Gasteiger partial charge on any atom is 0.258 e. The van der Waals surface area contributed by atoms with E-state index in [1.165, 1.54) is 0 Å².